The Morgan fingerprint density at radius 2 is 2.12 bits per heavy atom. The van der Waals surface area contributed by atoms with Crippen LogP contribution in [0.5, 0.6) is 5.75 Å². The number of phenols is 1. The molecule has 2 aromatic heterocycles. The summed E-state index contributed by atoms with van der Waals surface area (Å²) in [5.74, 6) is -2.27. The highest BCUT2D eigenvalue weighted by molar-refractivity contribution is 5.99. The molecule has 3 rings (SSSR count). The Morgan fingerprint density at radius 1 is 1.40 bits per heavy atom. The zero-order valence-electron chi connectivity index (χ0n) is 13.1. The number of carboxylic acid groups (broad SMARTS) is 1. The van der Waals surface area contributed by atoms with Crippen molar-refractivity contribution in [2.24, 2.45) is 7.05 Å². The third kappa shape index (κ3) is 2.80. The van der Waals surface area contributed by atoms with Crippen LogP contribution in [0.1, 0.15) is 20.7 Å². The first kappa shape index (κ1) is 16.2. The quantitative estimate of drug-likeness (QED) is 0.364. The zero-order valence-corrected chi connectivity index (χ0v) is 13.1. The standard InChI is InChI=1S/C15H13N5O5/c1-19-6-20(12-11(19)13(23)18-15(16)17-12)5-10(22)7-2-3-9(21)8(4-7)14(24)25/h2-4,6H,5H2,1H3,(H4-,16,17,18,21,22,23,24,25)/p+1. The summed E-state index contributed by atoms with van der Waals surface area (Å²) in [7, 11) is 1.62. The van der Waals surface area contributed by atoms with Crippen molar-refractivity contribution in [3.8, 4) is 5.75 Å². The SMILES string of the molecule is Cn1c[n+](CC(=O)c2ccc(O)c(C(=O)O)c2)c2nc(N)[nH]c(=O)c21. The van der Waals surface area contributed by atoms with E-state index in [0.29, 0.717) is 0 Å². The molecule has 2 heterocycles. The Bertz CT molecular complexity index is 1080. The molecule has 10 nitrogen and oxygen atoms in total. The average Bonchev–Trinajstić information content (AvgIpc) is 2.83. The van der Waals surface area contributed by atoms with Crippen LogP contribution in [0.3, 0.4) is 0 Å². The number of nitrogen functional groups attached to an aromatic ring is 1. The number of carboxylic acids is 1. The summed E-state index contributed by atoms with van der Waals surface area (Å²) < 4.78 is 2.95. The molecular weight excluding hydrogens is 330 g/mol. The van der Waals surface area contributed by atoms with Crippen molar-refractivity contribution in [3.05, 3.63) is 46.0 Å². The van der Waals surface area contributed by atoms with E-state index in [2.05, 4.69) is 9.97 Å². The number of fused-ring (bicyclic) bond motifs is 1. The fourth-order valence-electron chi connectivity index (χ4n) is 2.55. The molecule has 0 radical (unpaired) electrons. The second-order valence-electron chi connectivity index (χ2n) is 5.44. The number of nitrogens with one attached hydrogen (secondary N) is 1. The van der Waals surface area contributed by atoms with E-state index in [1.54, 1.807) is 7.05 Å². The lowest BCUT2D eigenvalue weighted by Crippen LogP contribution is -2.38. The van der Waals surface area contributed by atoms with Crippen LogP contribution >= 0.6 is 0 Å². The van der Waals surface area contributed by atoms with Crippen LogP contribution in [0.4, 0.5) is 5.95 Å². The van der Waals surface area contributed by atoms with Crippen molar-refractivity contribution in [2.45, 2.75) is 6.54 Å². The number of hydrogen-bond acceptors (Lipinski definition) is 6. The number of aromatic nitrogens is 4. The number of nitrogens with zero attached hydrogens (tertiary/aromatic N) is 3. The predicted octanol–water partition coefficient (Wildman–Crippen LogP) is -0.582. The van der Waals surface area contributed by atoms with Gasteiger partial charge in [0, 0.05) is 5.56 Å². The van der Waals surface area contributed by atoms with Crippen molar-refractivity contribution in [2.75, 3.05) is 5.73 Å². The van der Waals surface area contributed by atoms with Gasteiger partial charge in [-0.2, -0.15) is 0 Å². The number of hydrogen-bond donors (Lipinski definition) is 4. The summed E-state index contributed by atoms with van der Waals surface area (Å²) in [4.78, 5) is 41.9. The predicted molar refractivity (Wildman–Crippen MR) is 85.3 cm³/mol. The molecule has 0 unspecified atom stereocenters. The van der Waals surface area contributed by atoms with Gasteiger partial charge in [-0.15, -0.1) is 0 Å². The number of rotatable bonds is 4. The first-order chi connectivity index (χ1) is 11.8. The molecule has 10 heteroatoms. The van der Waals surface area contributed by atoms with Gasteiger partial charge in [-0.05, 0) is 18.2 Å². The molecule has 0 fully saturated rings. The van der Waals surface area contributed by atoms with Gasteiger partial charge in [0.2, 0.25) is 5.52 Å². The molecule has 0 bridgehead atoms. The van der Waals surface area contributed by atoms with Crippen LogP contribution < -0.4 is 15.9 Å². The molecule has 0 saturated heterocycles. The van der Waals surface area contributed by atoms with Crippen LogP contribution in [-0.4, -0.2) is 36.5 Å². The molecule has 0 saturated carbocycles. The van der Waals surface area contributed by atoms with E-state index in [0.717, 1.165) is 12.1 Å². The second kappa shape index (κ2) is 5.74. The number of anilines is 1. The molecule has 0 spiro atoms. The first-order valence-electron chi connectivity index (χ1n) is 7.11. The minimum absolute atomic E-state index is 0.0808. The Kier molecular flexibility index (Phi) is 3.72. The van der Waals surface area contributed by atoms with E-state index >= 15 is 0 Å². The van der Waals surface area contributed by atoms with Crippen molar-refractivity contribution < 1.29 is 24.4 Å². The Balaban J connectivity index is 2.02. The number of imidazole rings is 1. The zero-order chi connectivity index (χ0) is 18.3. The number of benzene rings is 1. The lowest BCUT2D eigenvalue weighted by molar-refractivity contribution is -0.659. The summed E-state index contributed by atoms with van der Waals surface area (Å²) in [6.45, 7) is -0.183. The molecule has 0 aliphatic carbocycles. The summed E-state index contributed by atoms with van der Waals surface area (Å²) >= 11 is 0. The lowest BCUT2D eigenvalue weighted by Gasteiger charge is -2.03. The van der Waals surface area contributed by atoms with Crippen molar-refractivity contribution in [1.29, 1.82) is 0 Å². The fraction of sp³-hybridized carbons (Fsp3) is 0.133. The van der Waals surface area contributed by atoms with Gasteiger partial charge in [-0.3, -0.25) is 19.1 Å². The van der Waals surface area contributed by atoms with Gasteiger partial charge in [-0.25, -0.2) is 9.36 Å². The number of H-pyrrole nitrogens is 1. The van der Waals surface area contributed by atoms with Gasteiger partial charge in [0.15, 0.2) is 12.1 Å². The van der Waals surface area contributed by atoms with Crippen molar-refractivity contribution in [3.63, 3.8) is 0 Å². The highest BCUT2D eigenvalue weighted by atomic mass is 16.4. The van der Waals surface area contributed by atoms with Crippen LogP contribution in [0.2, 0.25) is 0 Å². The number of ketones is 1. The van der Waals surface area contributed by atoms with Gasteiger partial charge in [0.25, 0.3) is 11.5 Å². The molecule has 0 aliphatic heterocycles. The van der Waals surface area contributed by atoms with E-state index in [4.69, 9.17) is 10.8 Å². The number of aryl methyl sites for hydroxylation is 1. The summed E-state index contributed by atoms with van der Waals surface area (Å²) in [6.07, 6.45) is 1.52. The van der Waals surface area contributed by atoms with E-state index in [1.807, 2.05) is 0 Å². The second-order valence-corrected chi connectivity index (χ2v) is 5.44. The Hall–Kier alpha value is -3.69. The van der Waals surface area contributed by atoms with E-state index in [-0.39, 0.29) is 34.8 Å². The fourth-order valence-corrected chi connectivity index (χ4v) is 2.55. The number of aromatic hydroxyl groups is 1. The summed E-state index contributed by atoms with van der Waals surface area (Å²) in [5, 5.41) is 18.5. The first-order valence-corrected chi connectivity index (χ1v) is 7.11. The topological polar surface area (TPSA) is 155 Å². The smallest absolute Gasteiger partial charge is 0.339 e. The maximum absolute atomic E-state index is 12.5. The van der Waals surface area contributed by atoms with Crippen LogP contribution in [0.15, 0.2) is 29.3 Å². The van der Waals surface area contributed by atoms with Crippen LogP contribution in [0, 0.1) is 0 Å². The minimum atomic E-state index is -1.34. The Morgan fingerprint density at radius 3 is 2.80 bits per heavy atom. The number of Topliss-reactive ketones (excluding diaryl/α,β-unsaturated/α-hetero) is 1. The van der Waals surface area contributed by atoms with Crippen molar-refractivity contribution >= 4 is 28.9 Å². The average molecular weight is 344 g/mol. The van der Waals surface area contributed by atoms with Gasteiger partial charge >= 0.3 is 11.6 Å². The third-order valence-electron chi connectivity index (χ3n) is 3.70. The van der Waals surface area contributed by atoms with Gasteiger partial charge < -0.3 is 15.9 Å². The number of aromatic carboxylic acids is 1. The highest BCUT2D eigenvalue weighted by Crippen LogP contribution is 2.19. The molecular formula is C15H14N5O5+. The molecule has 128 valence electrons. The summed E-state index contributed by atoms with van der Waals surface area (Å²) in [6, 6.07) is 3.57. The molecule has 0 atom stereocenters. The van der Waals surface area contributed by atoms with E-state index in [1.165, 1.54) is 21.5 Å². The number of nitrogens with two attached hydrogens (primary N) is 1. The maximum atomic E-state index is 12.5. The largest absolute Gasteiger partial charge is 0.507 e. The van der Waals surface area contributed by atoms with Crippen LogP contribution in [-0.2, 0) is 13.6 Å². The molecule has 1 aromatic carbocycles. The minimum Gasteiger partial charge on any atom is -0.507 e. The van der Waals surface area contributed by atoms with E-state index < -0.39 is 23.1 Å². The maximum Gasteiger partial charge on any atom is 0.339 e. The normalized spacial score (nSPS) is 10.9. The molecule has 0 aliphatic rings. The van der Waals surface area contributed by atoms with E-state index in [9.17, 15) is 19.5 Å². The highest BCUT2D eigenvalue weighted by Gasteiger charge is 2.22. The number of carbonyl (C=O) groups is 2. The molecule has 3 aromatic rings. The molecule has 25 heavy (non-hydrogen) atoms. The molecule has 5 N–H and O–H groups in total. The summed E-state index contributed by atoms with van der Waals surface area (Å²) in [5.41, 5.74) is 5.33. The monoisotopic (exact) mass is 344 g/mol. The van der Waals surface area contributed by atoms with Crippen LogP contribution in [0.25, 0.3) is 11.2 Å². The van der Waals surface area contributed by atoms with Gasteiger partial charge in [0.1, 0.15) is 17.9 Å². The molecule has 0 amide bonds. The Labute approximate surface area is 139 Å². The number of aromatic amines is 1. The van der Waals surface area contributed by atoms with Gasteiger partial charge in [-0.1, -0.05) is 4.98 Å². The number of carbonyl (C=O) groups excluding carboxylic acids is 1. The van der Waals surface area contributed by atoms with Gasteiger partial charge in [0.05, 0.1) is 7.05 Å². The lowest BCUT2D eigenvalue weighted by atomic mass is 10.1. The van der Waals surface area contributed by atoms with Crippen molar-refractivity contribution in [1.82, 2.24) is 14.5 Å². The third-order valence-corrected chi connectivity index (χ3v) is 3.70.